The normalized spacial score (nSPS) is 10.4. The lowest BCUT2D eigenvalue weighted by Crippen LogP contribution is -2.00. The van der Waals surface area contributed by atoms with Gasteiger partial charge in [-0.2, -0.15) is 0 Å². The van der Waals surface area contributed by atoms with E-state index in [0.717, 1.165) is 17.5 Å². The first-order valence-electron chi connectivity index (χ1n) is 5.95. The molecule has 16 heavy (non-hydrogen) atoms. The molecule has 0 spiro atoms. The van der Waals surface area contributed by atoms with Gasteiger partial charge in [-0.25, -0.2) is 0 Å². The van der Waals surface area contributed by atoms with Crippen LogP contribution in [0.1, 0.15) is 54.1 Å². The number of benzene rings is 1. The van der Waals surface area contributed by atoms with Gasteiger partial charge in [-0.05, 0) is 46.8 Å². The Morgan fingerprint density at radius 3 is 2.62 bits per heavy atom. The summed E-state index contributed by atoms with van der Waals surface area (Å²) < 4.78 is 0.0103. The smallest absolute Gasteiger partial charge is 0.228 e. The fourth-order valence-corrected chi connectivity index (χ4v) is 2.53. The first-order chi connectivity index (χ1) is 7.66. The summed E-state index contributed by atoms with van der Waals surface area (Å²) in [5, 5.41) is 0. The zero-order valence-corrected chi connectivity index (χ0v) is 11.6. The Labute approximate surface area is 106 Å². The standard InChI is InChI=1S/C14H19BrO/c1-3-4-5-6-9-12-10-7-8-11(2)13(12)14(15)16/h7-8,10H,3-6,9H2,1-2H3. The van der Waals surface area contributed by atoms with Crippen molar-refractivity contribution in [1.82, 2.24) is 0 Å². The van der Waals surface area contributed by atoms with Gasteiger partial charge in [0.05, 0.1) is 0 Å². The molecule has 1 aromatic carbocycles. The Kier molecular flexibility index (Phi) is 5.75. The molecule has 88 valence electrons. The van der Waals surface area contributed by atoms with Gasteiger partial charge in [0, 0.05) is 5.56 Å². The summed E-state index contributed by atoms with van der Waals surface area (Å²) in [5.74, 6) is 0. The minimum atomic E-state index is 0.0103. The molecule has 0 aliphatic carbocycles. The molecule has 0 saturated carbocycles. The number of aryl methyl sites for hydroxylation is 2. The molecule has 0 bridgehead atoms. The van der Waals surface area contributed by atoms with E-state index >= 15 is 0 Å². The van der Waals surface area contributed by atoms with Crippen LogP contribution in [-0.2, 0) is 6.42 Å². The molecule has 0 radical (unpaired) electrons. The average molecular weight is 283 g/mol. The van der Waals surface area contributed by atoms with Crippen LogP contribution < -0.4 is 0 Å². The van der Waals surface area contributed by atoms with Crippen molar-refractivity contribution in [3.63, 3.8) is 0 Å². The van der Waals surface area contributed by atoms with Gasteiger partial charge < -0.3 is 0 Å². The van der Waals surface area contributed by atoms with Crippen LogP contribution in [0.2, 0.25) is 0 Å². The molecule has 1 nitrogen and oxygen atoms in total. The maximum absolute atomic E-state index is 11.5. The van der Waals surface area contributed by atoms with E-state index < -0.39 is 0 Å². The zero-order valence-electron chi connectivity index (χ0n) is 10.1. The predicted molar refractivity (Wildman–Crippen MR) is 72.3 cm³/mol. The lowest BCUT2D eigenvalue weighted by molar-refractivity contribution is 0.109. The van der Waals surface area contributed by atoms with Crippen molar-refractivity contribution in [3.05, 3.63) is 34.9 Å². The quantitative estimate of drug-likeness (QED) is 0.548. The highest BCUT2D eigenvalue weighted by Crippen LogP contribution is 2.19. The summed E-state index contributed by atoms with van der Waals surface area (Å²) in [5.41, 5.74) is 3.10. The van der Waals surface area contributed by atoms with Crippen molar-refractivity contribution >= 4 is 20.6 Å². The summed E-state index contributed by atoms with van der Waals surface area (Å²) in [6.45, 7) is 4.20. The molecule has 1 rings (SSSR count). The van der Waals surface area contributed by atoms with E-state index in [1.807, 2.05) is 19.1 Å². The van der Waals surface area contributed by atoms with E-state index in [0.29, 0.717) is 0 Å². The maximum Gasteiger partial charge on any atom is 0.228 e. The van der Waals surface area contributed by atoms with E-state index in [9.17, 15) is 4.79 Å². The molecule has 2 heteroatoms. The summed E-state index contributed by atoms with van der Waals surface area (Å²) in [7, 11) is 0. The third kappa shape index (κ3) is 3.75. The van der Waals surface area contributed by atoms with Crippen LogP contribution in [0.25, 0.3) is 0 Å². The number of carbonyl (C=O) groups excluding carboxylic acids is 1. The Morgan fingerprint density at radius 1 is 1.25 bits per heavy atom. The summed E-state index contributed by atoms with van der Waals surface area (Å²) in [6, 6.07) is 6.08. The van der Waals surface area contributed by atoms with E-state index in [1.54, 1.807) is 0 Å². The first-order valence-corrected chi connectivity index (χ1v) is 6.74. The molecule has 0 heterocycles. The number of hydrogen-bond acceptors (Lipinski definition) is 1. The molecular weight excluding hydrogens is 264 g/mol. The predicted octanol–water partition coefficient (Wildman–Crippen LogP) is 4.65. The summed E-state index contributed by atoms with van der Waals surface area (Å²) >= 11 is 3.07. The van der Waals surface area contributed by atoms with E-state index in [1.165, 1.54) is 31.2 Å². The van der Waals surface area contributed by atoms with Gasteiger partial charge in [-0.1, -0.05) is 44.4 Å². The Bertz CT molecular complexity index is 358. The maximum atomic E-state index is 11.5. The number of unbranched alkanes of at least 4 members (excludes halogenated alkanes) is 3. The van der Waals surface area contributed by atoms with Crippen molar-refractivity contribution in [1.29, 1.82) is 0 Å². The minimum Gasteiger partial charge on any atom is -0.281 e. The number of carbonyl (C=O) groups is 1. The molecule has 0 aliphatic heterocycles. The highest BCUT2D eigenvalue weighted by Gasteiger charge is 2.10. The first kappa shape index (κ1) is 13.4. The van der Waals surface area contributed by atoms with Gasteiger partial charge in [0.1, 0.15) is 0 Å². The number of rotatable bonds is 6. The lowest BCUT2D eigenvalue weighted by atomic mass is 9.98. The second kappa shape index (κ2) is 6.85. The molecule has 0 N–H and O–H groups in total. The van der Waals surface area contributed by atoms with Crippen LogP contribution in [-0.4, -0.2) is 4.69 Å². The highest BCUT2D eigenvalue weighted by molar-refractivity contribution is 9.18. The van der Waals surface area contributed by atoms with Crippen molar-refractivity contribution in [2.24, 2.45) is 0 Å². The molecule has 1 aromatic rings. The second-order valence-corrected chi connectivity index (χ2v) is 4.91. The second-order valence-electron chi connectivity index (χ2n) is 4.19. The van der Waals surface area contributed by atoms with Gasteiger partial charge in [0.25, 0.3) is 0 Å². The van der Waals surface area contributed by atoms with Gasteiger partial charge in [0.15, 0.2) is 0 Å². The molecular formula is C14H19BrO. The third-order valence-electron chi connectivity index (χ3n) is 2.86. The molecule has 0 saturated heterocycles. The van der Waals surface area contributed by atoms with Gasteiger partial charge in [-0.3, -0.25) is 4.79 Å². The number of halogens is 1. The monoisotopic (exact) mass is 282 g/mol. The SMILES string of the molecule is CCCCCCc1cccc(C)c1C(=O)Br. The van der Waals surface area contributed by atoms with Crippen molar-refractivity contribution in [3.8, 4) is 0 Å². The molecule has 0 unspecified atom stereocenters. The largest absolute Gasteiger partial charge is 0.281 e. The van der Waals surface area contributed by atoms with Crippen molar-refractivity contribution in [2.45, 2.75) is 46.0 Å². The molecule has 0 aromatic heterocycles. The molecule has 0 atom stereocenters. The third-order valence-corrected chi connectivity index (χ3v) is 3.25. The Balaban J connectivity index is 2.71. The van der Waals surface area contributed by atoms with Crippen LogP contribution in [0.4, 0.5) is 0 Å². The topological polar surface area (TPSA) is 17.1 Å². The van der Waals surface area contributed by atoms with Crippen molar-refractivity contribution in [2.75, 3.05) is 0 Å². The molecule has 0 amide bonds. The minimum absolute atomic E-state index is 0.0103. The van der Waals surface area contributed by atoms with Crippen LogP contribution >= 0.6 is 15.9 Å². The Morgan fingerprint density at radius 2 is 2.00 bits per heavy atom. The summed E-state index contributed by atoms with van der Waals surface area (Å²) in [4.78, 5) is 11.5. The molecule has 0 aliphatic rings. The van der Waals surface area contributed by atoms with Crippen LogP contribution in [0.5, 0.6) is 0 Å². The van der Waals surface area contributed by atoms with E-state index in [4.69, 9.17) is 0 Å². The Hall–Kier alpha value is -0.630. The summed E-state index contributed by atoms with van der Waals surface area (Å²) in [6.07, 6.45) is 5.96. The average Bonchev–Trinajstić information content (AvgIpc) is 2.24. The number of hydrogen-bond donors (Lipinski definition) is 0. The zero-order chi connectivity index (χ0) is 12.0. The molecule has 0 fully saturated rings. The lowest BCUT2D eigenvalue weighted by Gasteiger charge is -2.08. The van der Waals surface area contributed by atoms with E-state index in [2.05, 4.69) is 28.9 Å². The highest BCUT2D eigenvalue weighted by atomic mass is 79.9. The van der Waals surface area contributed by atoms with Crippen LogP contribution in [0.15, 0.2) is 18.2 Å². The van der Waals surface area contributed by atoms with E-state index in [-0.39, 0.29) is 4.69 Å². The fourth-order valence-electron chi connectivity index (χ4n) is 1.96. The van der Waals surface area contributed by atoms with Crippen molar-refractivity contribution < 1.29 is 4.79 Å². The fraction of sp³-hybridized carbons (Fsp3) is 0.500. The van der Waals surface area contributed by atoms with Gasteiger partial charge in [0.2, 0.25) is 4.69 Å². The van der Waals surface area contributed by atoms with Gasteiger partial charge >= 0.3 is 0 Å². The van der Waals surface area contributed by atoms with Gasteiger partial charge in [-0.15, -0.1) is 0 Å². The van der Waals surface area contributed by atoms with Crippen LogP contribution in [0.3, 0.4) is 0 Å². The van der Waals surface area contributed by atoms with Crippen LogP contribution in [0, 0.1) is 6.92 Å².